The summed E-state index contributed by atoms with van der Waals surface area (Å²) in [6.07, 6.45) is -7.36. The molecular formula is C23H28O18. The van der Waals surface area contributed by atoms with Crippen LogP contribution in [0.2, 0.25) is 0 Å². The average Bonchev–Trinajstić information content (AvgIpc) is 2.96. The van der Waals surface area contributed by atoms with Gasteiger partial charge in [0.25, 0.3) is 0 Å². The first-order chi connectivity index (χ1) is 19.3. The Hall–Kier alpha value is -4.01. The molecule has 1 aromatic rings. The van der Waals surface area contributed by atoms with Gasteiger partial charge in [0.05, 0.1) is 33.0 Å². The molecule has 0 fully saturated rings. The molecule has 8 N–H and O–H groups in total. The maximum Gasteiger partial charge on any atom is 0.343 e. The molecule has 0 spiro atoms. The number of benzene rings is 1. The number of esters is 5. The number of rotatable bonds is 15. The van der Waals surface area contributed by atoms with Gasteiger partial charge in [0, 0.05) is 11.6 Å². The van der Waals surface area contributed by atoms with Crippen molar-refractivity contribution in [3.63, 3.8) is 0 Å². The van der Waals surface area contributed by atoms with Crippen LogP contribution in [0.1, 0.15) is 12.5 Å². The maximum atomic E-state index is 12.4. The lowest BCUT2D eigenvalue weighted by Crippen LogP contribution is -2.33. The first kappa shape index (κ1) is 35.0. The van der Waals surface area contributed by atoms with Gasteiger partial charge in [-0.25, -0.2) is 24.0 Å². The highest BCUT2D eigenvalue weighted by Crippen LogP contribution is 2.48. The number of carbonyl (C=O) groups is 5. The summed E-state index contributed by atoms with van der Waals surface area (Å²) in [4.78, 5) is 61.2. The first-order valence-electron chi connectivity index (χ1n) is 11.4. The van der Waals surface area contributed by atoms with Gasteiger partial charge in [-0.3, -0.25) is 0 Å². The molecule has 0 amide bonds. The number of aliphatic hydroxyl groups is 8. The predicted molar refractivity (Wildman–Crippen MR) is 127 cm³/mol. The molecule has 0 aromatic heterocycles. The molecule has 0 aliphatic carbocycles. The first-order valence-corrected chi connectivity index (χ1v) is 11.4. The van der Waals surface area contributed by atoms with Gasteiger partial charge in [-0.2, -0.15) is 0 Å². The lowest BCUT2D eigenvalue weighted by molar-refractivity contribution is -0.150. The third-order valence-electron chi connectivity index (χ3n) is 4.47. The van der Waals surface area contributed by atoms with E-state index in [9.17, 15) is 44.4 Å². The van der Waals surface area contributed by atoms with Crippen LogP contribution in [0.3, 0.4) is 0 Å². The van der Waals surface area contributed by atoms with Crippen LogP contribution < -0.4 is 18.9 Å². The SMILES string of the molecule is CCOC(=O)C=Cc1cc(OC(=O)C(O)CO)c(OC(=O)C(O)CO)c(OC(=O)C(O)CO)c1OC(=O)C(O)CO. The Morgan fingerprint density at radius 3 is 1.46 bits per heavy atom. The molecule has 1 rings (SSSR count). The largest absolute Gasteiger partial charge is 0.463 e. The van der Waals surface area contributed by atoms with E-state index in [1.54, 1.807) is 0 Å². The van der Waals surface area contributed by atoms with Crippen LogP contribution in [-0.2, 0) is 28.7 Å². The molecule has 0 aliphatic rings. The van der Waals surface area contributed by atoms with Crippen LogP contribution in [-0.4, -0.2) is 128 Å². The Labute approximate surface area is 230 Å². The standard InChI is InChI=1S/C23H28O18/c1-2-37-16(32)4-3-10-5-15(38-20(33)11(28)6-24)18(40-22(35)13(30)8-26)19(41-23(36)14(31)9-27)17(10)39-21(34)12(29)7-25/h3-5,11-14,24-31H,2,6-9H2,1H3. The van der Waals surface area contributed by atoms with E-state index in [1.165, 1.54) is 6.92 Å². The van der Waals surface area contributed by atoms with Gasteiger partial charge in [0.15, 0.2) is 35.9 Å². The second-order valence-corrected chi connectivity index (χ2v) is 7.51. The van der Waals surface area contributed by atoms with Crippen LogP contribution in [0.5, 0.6) is 23.0 Å². The smallest absolute Gasteiger partial charge is 0.343 e. The number of ether oxygens (including phenoxy) is 5. The molecule has 0 heterocycles. The Morgan fingerprint density at radius 1 is 0.659 bits per heavy atom. The molecule has 0 radical (unpaired) electrons. The molecule has 1 aromatic carbocycles. The summed E-state index contributed by atoms with van der Waals surface area (Å²) in [7, 11) is 0. The summed E-state index contributed by atoms with van der Waals surface area (Å²) >= 11 is 0. The van der Waals surface area contributed by atoms with Crippen LogP contribution in [0.4, 0.5) is 0 Å². The Morgan fingerprint density at radius 2 is 1.05 bits per heavy atom. The van der Waals surface area contributed by atoms with Gasteiger partial charge in [-0.1, -0.05) is 0 Å². The molecule has 18 heteroatoms. The number of carbonyl (C=O) groups excluding carboxylic acids is 5. The van der Waals surface area contributed by atoms with Crippen LogP contribution >= 0.6 is 0 Å². The molecule has 41 heavy (non-hydrogen) atoms. The quantitative estimate of drug-likeness (QED) is 0.0539. The lowest BCUT2D eigenvalue weighted by Gasteiger charge is -2.21. The molecule has 4 unspecified atom stereocenters. The fraction of sp³-hybridized carbons (Fsp3) is 0.435. The van der Waals surface area contributed by atoms with Crippen molar-refractivity contribution in [2.24, 2.45) is 0 Å². The number of hydrogen-bond donors (Lipinski definition) is 8. The summed E-state index contributed by atoms with van der Waals surface area (Å²) < 4.78 is 24.4. The summed E-state index contributed by atoms with van der Waals surface area (Å²) in [5.41, 5.74) is -0.540. The van der Waals surface area contributed by atoms with E-state index in [-0.39, 0.29) is 6.61 Å². The topological polar surface area (TPSA) is 293 Å². The van der Waals surface area contributed by atoms with Crippen molar-refractivity contribution in [1.82, 2.24) is 0 Å². The van der Waals surface area contributed by atoms with Gasteiger partial charge in [0.2, 0.25) is 11.5 Å². The predicted octanol–water partition coefficient (Wildman–Crippen LogP) is -4.70. The average molecular weight is 592 g/mol. The maximum absolute atomic E-state index is 12.4. The monoisotopic (exact) mass is 592 g/mol. The van der Waals surface area contributed by atoms with Crippen molar-refractivity contribution < 1.29 is 88.5 Å². The van der Waals surface area contributed by atoms with Crippen molar-refractivity contribution >= 4 is 35.9 Å². The minimum Gasteiger partial charge on any atom is -0.463 e. The van der Waals surface area contributed by atoms with E-state index in [1.807, 2.05) is 0 Å². The molecule has 0 bridgehead atoms. The minimum absolute atomic E-state index is 0.0837. The van der Waals surface area contributed by atoms with Gasteiger partial charge in [0.1, 0.15) is 0 Å². The van der Waals surface area contributed by atoms with Crippen LogP contribution in [0.25, 0.3) is 6.08 Å². The highest BCUT2D eigenvalue weighted by Gasteiger charge is 2.33. The van der Waals surface area contributed by atoms with Crippen molar-refractivity contribution in [3.8, 4) is 23.0 Å². The lowest BCUT2D eigenvalue weighted by atomic mass is 10.1. The Balaban J connectivity index is 4.12. The van der Waals surface area contributed by atoms with Crippen LogP contribution in [0.15, 0.2) is 12.1 Å². The summed E-state index contributed by atoms with van der Waals surface area (Å²) in [6.45, 7) is -3.38. The van der Waals surface area contributed by atoms with Crippen molar-refractivity contribution in [2.75, 3.05) is 33.0 Å². The molecule has 228 valence electrons. The second-order valence-electron chi connectivity index (χ2n) is 7.51. The van der Waals surface area contributed by atoms with E-state index >= 15 is 0 Å². The normalized spacial score (nSPS) is 14.0. The molecular weight excluding hydrogens is 564 g/mol. The minimum atomic E-state index is -2.27. The zero-order valence-corrected chi connectivity index (χ0v) is 21.2. The zero-order chi connectivity index (χ0) is 31.3. The fourth-order valence-corrected chi connectivity index (χ4v) is 2.44. The molecule has 0 saturated heterocycles. The van der Waals surface area contributed by atoms with Gasteiger partial charge >= 0.3 is 29.8 Å². The number of aliphatic hydroxyl groups excluding tert-OH is 8. The number of hydrogen-bond acceptors (Lipinski definition) is 18. The third kappa shape index (κ3) is 10.2. The Kier molecular flexibility index (Phi) is 14.5. The fourth-order valence-electron chi connectivity index (χ4n) is 2.44. The second kappa shape index (κ2) is 16.9. The molecule has 0 aliphatic heterocycles. The van der Waals surface area contributed by atoms with Gasteiger partial charge < -0.3 is 64.5 Å². The summed E-state index contributed by atoms with van der Waals surface area (Å²) in [6, 6.07) is 0.694. The van der Waals surface area contributed by atoms with Gasteiger partial charge in [-0.15, -0.1) is 0 Å². The van der Waals surface area contributed by atoms with E-state index in [2.05, 4.69) is 0 Å². The van der Waals surface area contributed by atoms with E-state index in [0.717, 1.165) is 12.2 Å². The van der Waals surface area contributed by atoms with Gasteiger partial charge in [-0.05, 0) is 19.1 Å². The summed E-state index contributed by atoms with van der Waals surface area (Å²) in [5, 5.41) is 75.0. The zero-order valence-electron chi connectivity index (χ0n) is 21.2. The van der Waals surface area contributed by atoms with E-state index < -0.39 is 109 Å². The van der Waals surface area contributed by atoms with Crippen molar-refractivity contribution in [2.45, 2.75) is 31.3 Å². The van der Waals surface area contributed by atoms with E-state index in [0.29, 0.717) is 6.07 Å². The molecule has 4 atom stereocenters. The summed E-state index contributed by atoms with van der Waals surface area (Å²) in [5.74, 6) is -11.9. The van der Waals surface area contributed by atoms with Crippen LogP contribution in [0, 0.1) is 0 Å². The van der Waals surface area contributed by atoms with E-state index in [4.69, 9.17) is 44.1 Å². The van der Waals surface area contributed by atoms with Crippen molar-refractivity contribution in [1.29, 1.82) is 0 Å². The highest BCUT2D eigenvalue weighted by molar-refractivity contribution is 5.91. The highest BCUT2D eigenvalue weighted by atomic mass is 16.6. The molecule has 18 nitrogen and oxygen atoms in total. The molecule has 0 saturated carbocycles. The van der Waals surface area contributed by atoms with Crippen molar-refractivity contribution in [3.05, 3.63) is 17.7 Å². The Bertz CT molecular complexity index is 1130. The third-order valence-corrected chi connectivity index (χ3v) is 4.47.